The molecule has 1 aliphatic rings. The van der Waals surface area contributed by atoms with Gasteiger partial charge in [-0.2, -0.15) is 0 Å². The number of benzene rings is 1. The van der Waals surface area contributed by atoms with E-state index >= 15 is 0 Å². The van der Waals surface area contributed by atoms with Gasteiger partial charge < -0.3 is 19.2 Å². The number of hydrogen-bond acceptors (Lipinski definition) is 6. The molecule has 1 aromatic heterocycles. The maximum atomic E-state index is 12.2. The molecule has 1 aromatic carbocycles. The van der Waals surface area contributed by atoms with Crippen LogP contribution in [0.15, 0.2) is 47.8 Å². The molecule has 0 bridgehead atoms. The summed E-state index contributed by atoms with van der Waals surface area (Å²) in [6, 6.07) is 8.46. The van der Waals surface area contributed by atoms with Crippen molar-refractivity contribution < 1.29 is 32.3 Å². The normalized spacial score (nSPS) is 16.2. The lowest BCUT2D eigenvalue weighted by molar-refractivity contribution is -0.274. The number of aromatic nitrogens is 1. The van der Waals surface area contributed by atoms with Crippen molar-refractivity contribution in [3.63, 3.8) is 0 Å². The van der Waals surface area contributed by atoms with Gasteiger partial charge in [-0.25, -0.2) is 4.98 Å². The van der Waals surface area contributed by atoms with Crippen LogP contribution < -0.4 is 9.47 Å². The number of carbonyl (C=O) groups excluding carboxylic acids is 1. The topological polar surface area (TPSA) is 73.3 Å². The third-order valence-electron chi connectivity index (χ3n) is 3.72. The Labute approximate surface area is 158 Å². The van der Waals surface area contributed by atoms with E-state index in [1.165, 1.54) is 41.4 Å². The van der Waals surface area contributed by atoms with Gasteiger partial charge in [0.25, 0.3) is 5.91 Å². The monoisotopic (exact) mass is 395 g/mol. The highest BCUT2D eigenvalue weighted by Crippen LogP contribution is 2.30. The zero-order valence-electron chi connectivity index (χ0n) is 14.9. The van der Waals surface area contributed by atoms with E-state index in [0.29, 0.717) is 11.3 Å². The third kappa shape index (κ3) is 4.90. The number of pyridine rings is 1. The molecule has 28 heavy (non-hydrogen) atoms. The Morgan fingerprint density at radius 1 is 1.14 bits per heavy atom. The van der Waals surface area contributed by atoms with Crippen LogP contribution in [0, 0.1) is 0 Å². The molecule has 0 N–H and O–H groups in total. The van der Waals surface area contributed by atoms with Crippen LogP contribution in [0.5, 0.6) is 11.5 Å². The van der Waals surface area contributed by atoms with Gasteiger partial charge in [0.15, 0.2) is 6.10 Å². The van der Waals surface area contributed by atoms with Gasteiger partial charge in [-0.1, -0.05) is 17.3 Å². The van der Waals surface area contributed by atoms with Gasteiger partial charge in [-0.3, -0.25) is 4.79 Å². The number of amides is 1. The number of rotatable bonds is 4. The van der Waals surface area contributed by atoms with Crippen LogP contribution in [0.4, 0.5) is 13.2 Å². The van der Waals surface area contributed by atoms with E-state index < -0.39 is 12.5 Å². The lowest BCUT2D eigenvalue weighted by atomic mass is 10.1. The van der Waals surface area contributed by atoms with Gasteiger partial charge in [0.05, 0.1) is 12.6 Å². The van der Waals surface area contributed by atoms with Gasteiger partial charge in [0, 0.05) is 14.1 Å². The van der Waals surface area contributed by atoms with Crippen molar-refractivity contribution in [3.05, 3.63) is 53.9 Å². The van der Waals surface area contributed by atoms with Crippen molar-refractivity contribution >= 4 is 11.8 Å². The van der Waals surface area contributed by atoms with Crippen LogP contribution in [0.3, 0.4) is 0 Å². The van der Waals surface area contributed by atoms with Crippen molar-refractivity contribution in [3.8, 4) is 11.5 Å². The van der Waals surface area contributed by atoms with Crippen LogP contribution in [0.2, 0.25) is 0 Å². The first kappa shape index (κ1) is 19.5. The second-order valence-electron chi connectivity index (χ2n) is 6.08. The second kappa shape index (κ2) is 7.75. The molecule has 1 aliphatic heterocycles. The molecule has 0 fully saturated rings. The van der Waals surface area contributed by atoms with E-state index in [4.69, 9.17) is 9.57 Å². The molecular formula is C18H16F3N3O4. The third-order valence-corrected chi connectivity index (χ3v) is 3.72. The van der Waals surface area contributed by atoms with Crippen molar-refractivity contribution in [1.82, 2.24) is 9.88 Å². The van der Waals surface area contributed by atoms with E-state index in [-0.39, 0.29) is 29.7 Å². The van der Waals surface area contributed by atoms with Crippen molar-refractivity contribution in [2.75, 3.05) is 14.1 Å². The molecule has 1 atom stereocenters. The van der Waals surface area contributed by atoms with Crippen LogP contribution in [-0.2, 0) is 4.84 Å². The minimum atomic E-state index is -4.74. The molecule has 1 amide bonds. The predicted octanol–water partition coefficient (Wildman–Crippen LogP) is 3.54. The van der Waals surface area contributed by atoms with Gasteiger partial charge in [-0.05, 0) is 29.8 Å². The first-order chi connectivity index (χ1) is 13.2. The molecule has 0 saturated heterocycles. The number of carbonyl (C=O) groups is 1. The molecule has 10 heteroatoms. The highest BCUT2D eigenvalue weighted by atomic mass is 19.4. The molecule has 0 spiro atoms. The summed E-state index contributed by atoms with van der Waals surface area (Å²) in [4.78, 5) is 22.5. The summed E-state index contributed by atoms with van der Waals surface area (Å²) >= 11 is 0. The van der Waals surface area contributed by atoms with E-state index in [0.717, 1.165) is 0 Å². The Bertz CT molecular complexity index is 865. The Morgan fingerprint density at radius 2 is 1.82 bits per heavy atom. The lowest BCUT2D eigenvalue weighted by Gasteiger charge is -2.11. The number of nitrogens with zero attached hydrogens (tertiary/aromatic N) is 3. The number of ether oxygens (including phenoxy) is 2. The van der Waals surface area contributed by atoms with Crippen LogP contribution in [-0.4, -0.2) is 42.1 Å². The van der Waals surface area contributed by atoms with Crippen molar-refractivity contribution in [2.45, 2.75) is 18.9 Å². The van der Waals surface area contributed by atoms with E-state index in [2.05, 4.69) is 14.9 Å². The average molecular weight is 395 g/mol. The smallest absolute Gasteiger partial charge is 0.438 e. The van der Waals surface area contributed by atoms with Crippen LogP contribution >= 0.6 is 0 Å². The zero-order valence-corrected chi connectivity index (χ0v) is 14.9. The summed E-state index contributed by atoms with van der Waals surface area (Å²) in [7, 11) is 3.25. The number of hydrogen-bond donors (Lipinski definition) is 0. The minimum Gasteiger partial charge on any atom is -0.438 e. The maximum absolute atomic E-state index is 12.2. The Hall–Kier alpha value is -3.30. The van der Waals surface area contributed by atoms with Gasteiger partial charge in [0.2, 0.25) is 5.90 Å². The van der Waals surface area contributed by atoms with Gasteiger partial charge in [-0.15, -0.1) is 13.2 Å². The fraction of sp³-hybridized carbons (Fsp3) is 0.278. The second-order valence-corrected chi connectivity index (χ2v) is 6.08. The van der Waals surface area contributed by atoms with Crippen LogP contribution in [0.1, 0.15) is 28.6 Å². The summed E-state index contributed by atoms with van der Waals surface area (Å²) in [5.74, 6) is 0.123. The quantitative estimate of drug-likeness (QED) is 0.792. The fourth-order valence-electron chi connectivity index (χ4n) is 2.41. The standard InChI is InChI=1S/C18H16F3N3O4/c1-24(2)17(25)14-8-7-13(10-22-14)26-16-9-15(28-23-16)11-3-5-12(6-4-11)27-18(19,20)21/h3-8,10,15H,9H2,1-2H3. The molecule has 0 radical (unpaired) electrons. The fourth-order valence-corrected chi connectivity index (χ4v) is 2.41. The number of oxime groups is 1. The largest absolute Gasteiger partial charge is 0.573 e. The highest BCUT2D eigenvalue weighted by molar-refractivity contribution is 5.92. The molecule has 2 aromatic rings. The SMILES string of the molecule is CN(C)C(=O)c1ccc(OC2=NOC(c3ccc(OC(F)(F)F)cc3)C2)cn1. The molecular weight excluding hydrogens is 379 g/mol. The first-order valence-corrected chi connectivity index (χ1v) is 8.15. The Kier molecular flexibility index (Phi) is 5.39. The van der Waals surface area contributed by atoms with Gasteiger partial charge >= 0.3 is 6.36 Å². The van der Waals surface area contributed by atoms with E-state index in [1.807, 2.05) is 0 Å². The maximum Gasteiger partial charge on any atom is 0.573 e. The molecule has 0 saturated carbocycles. The summed E-state index contributed by atoms with van der Waals surface area (Å²) in [5, 5.41) is 3.84. The average Bonchev–Trinajstić information content (AvgIpc) is 3.09. The molecule has 7 nitrogen and oxygen atoms in total. The van der Waals surface area contributed by atoms with Gasteiger partial charge in [0.1, 0.15) is 17.2 Å². The highest BCUT2D eigenvalue weighted by Gasteiger charge is 2.31. The summed E-state index contributed by atoms with van der Waals surface area (Å²) in [6.07, 6.45) is -3.54. The van der Waals surface area contributed by atoms with Crippen molar-refractivity contribution in [1.29, 1.82) is 0 Å². The van der Waals surface area contributed by atoms with Crippen molar-refractivity contribution in [2.24, 2.45) is 5.16 Å². The van der Waals surface area contributed by atoms with E-state index in [1.54, 1.807) is 20.2 Å². The zero-order chi connectivity index (χ0) is 20.3. The summed E-state index contributed by atoms with van der Waals surface area (Å²) in [5.41, 5.74) is 0.905. The van der Waals surface area contributed by atoms with Crippen LogP contribution in [0.25, 0.3) is 0 Å². The lowest BCUT2D eigenvalue weighted by Crippen LogP contribution is -2.22. The van der Waals surface area contributed by atoms with E-state index in [9.17, 15) is 18.0 Å². The summed E-state index contributed by atoms with van der Waals surface area (Å²) < 4.78 is 46.0. The predicted molar refractivity (Wildman–Crippen MR) is 91.9 cm³/mol. The molecule has 3 rings (SSSR count). The number of alkyl halides is 3. The molecule has 0 aliphatic carbocycles. The molecule has 148 valence electrons. The molecule has 1 unspecified atom stereocenters. The summed E-state index contributed by atoms with van der Waals surface area (Å²) in [6.45, 7) is 0. The minimum absolute atomic E-state index is 0.230. The number of halogens is 3. The Morgan fingerprint density at radius 3 is 2.39 bits per heavy atom. The molecule has 2 heterocycles. The first-order valence-electron chi connectivity index (χ1n) is 8.15. The Balaban J connectivity index is 1.57.